The van der Waals surface area contributed by atoms with Crippen LogP contribution in [0, 0.1) is 5.53 Å². The summed E-state index contributed by atoms with van der Waals surface area (Å²) in [5, 5.41) is 9.25. The number of nitrogens with zero attached hydrogens (tertiary/aromatic N) is 2. The lowest BCUT2D eigenvalue weighted by atomic mass is 9.97. The molecule has 2 aliphatic rings. The van der Waals surface area contributed by atoms with Crippen LogP contribution < -0.4 is 5.76 Å². The van der Waals surface area contributed by atoms with Crippen LogP contribution in [0.4, 0.5) is 0 Å². The number of ether oxygens (including phenoxy) is 2. The molecule has 0 amide bonds. The van der Waals surface area contributed by atoms with Crippen LogP contribution in [-0.2, 0) is 9.47 Å². The van der Waals surface area contributed by atoms with E-state index in [2.05, 4.69) is 15.3 Å². The third-order valence-corrected chi connectivity index (χ3v) is 3.37. The van der Waals surface area contributed by atoms with E-state index in [1.54, 1.807) is 0 Å². The largest absolute Gasteiger partial charge is 0.480 e. The van der Waals surface area contributed by atoms with Crippen LogP contribution in [-0.4, -0.2) is 16.3 Å². The Morgan fingerprint density at radius 3 is 2.70 bits per heavy atom. The normalized spacial score (nSPS) is 21.9. The standard InChI is InChI=1S/C12H12N4O4/c1-4-6(3)18-9-7(4)5(2)8(19-10(9)14-13)11-15-16-12(17)20-11/h6,13H,1-3H3,(H,16,17). The topological polar surface area (TPSA) is 114 Å². The zero-order chi connectivity index (χ0) is 14.4. The molecule has 1 unspecified atom stereocenters. The minimum atomic E-state index is -0.676. The number of hydrogen-bond donors (Lipinski definition) is 2. The Morgan fingerprint density at radius 2 is 2.10 bits per heavy atom. The maximum atomic E-state index is 11.1. The summed E-state index contributed by atoms with van der Waals surface area (Å²) in [7, 11) is 0. The minimum Gasteiger partial charge on any atom is -0.480 e. The van der Waals surface area contributed by atoms with Crippen LogP contribution in [0.15, 0.2) is 42.7 Å². The molecule has 104 valence electrons. The van der Waals surface area contributed by atoms with E-state index in [4.69, 9.17) is 19.4 Å². The van der Waals surface area contributed by atoms with Crippen molar-refractivity contribution in [2.75, 3.05) is 0 Å². The Bertz CT molecular complexity index is 750. The molecule has 1 aromatic heterocycles. The first-order valence-electron chi connectivity index (χ1n) is 5.97. The molecule has 8 nitrogen and oxygen atoms in total. The SMILES string of the molecule is CC1=C(c2n[nH]c(=O)o2)OC(N=N)=C2OC(C)C(C)=C12. The van der Waals surface area contributed by atoms with Crippen LogP contribution in [0.5, 0.6) is 0 Å². The van der Waals surface area contributed by atoms with Crippen molar-refractivity contribution in [2.24, 2.45) is 5.11 Å². The average Bonchev–Trinajstić information content (AvgIpc) is 2.96. The van der Waals surface area contributed by atoms with Gasteiger partial charge in [-0.1, -0.05) is 0 Å². The Balaban J connectivity index is 2.21. The second-order valence-corrected chi connectivity index (χ2v) is 4.54. The lowest BCUT2D eigenvalue weighted by Crippen LogP contribution is -2.08. The first-order valence-corrected chi connectivity index (χ1v) is 5.97. The van der Waals surface area contributed by atoms with Crippen LogP contribution >= 0.6 is 0 Å². The van der Waals surface area contributed by atoms with E-state index in [1.807, 2.05) is 20.8 Å². The van der Waals surface area contributed by atoms with E-state index < -0.39 is 5.76 Å². The third kappa shape index (κ3) is 1.61. The quantitative estimate of drug-likeness (QED) is 0.802. The van der Waals surface area contributed by atoms with Gasteiger partial charge in [0.25, 0.3) is 11.8 Å². The van der Waals surface area contributed by atoms with Crippen LogP contribution in [0.2, 0.25) is 0 Å². The zero-order valence-electron chi connectivity index (χ0n) is 11.1. The van der Waals surface area contributed by atoms with E-state index in [1.165, 1.54) is 0 Å². The molecular formula is C12H12N4O4. The third-order valence-electron chi connectivity index (χ3n) is 3.37. The van der Waals surface area contributed by atoms with Gasteiger partial charge in [-0.15, -0.1) is 10.2 Å². The summed E-state index contributed by atoms with van der Waals surface area (Å²) in [6.07, 6.45) is -0.124. The molecule has 0 spiro atoms. The van der Waals surface area contributed by atoms with Crippen molar-refractivity contribution in [3.05, 3.63) is 44.8 Å². The molecule has 1 atom stereocenters. The maximum absolute atomic E-state index is 11.1. The highest BCUT2D eigenvalue weighted by Gasteiger charge is 2.37. The molecule has 0 bridgehead atoms. The summed E-state index contributed by atoms with van der Waals surface area (Å²) in [5.74, 6) is 0.0570. The number of nitrogens with one attached hydrogen (secondary N) is 2. The van der Waals surface area contributed by atoms with Crippen molar-refractivity contribution in [1.82, 2.24) is 10.2 Å². The van der Waals surface area contributed by atoms with E-state index in [0.29, 0.717) is 5.76 Å². The predicted molar refractivity (Wildman–Crippen MR) is 66.2 cm³/mol. The Hall–Kier alpha value is -2.64. The van der Waals surface area contributed by atoms with Gasteiger partial charge in [-0.25, -0.2) is 15.4 Å². The van der Waals surface area contributed by atoms with Gasteiger partial charge in [-0.2, -0.15) is 0 Å². The second kappa shape index (κ2) is 4.19. The molecular weight excluding hydrogens is 264 g/mol. The van der Waals surface area contributed by atoms with Gasteiger partial charge in [0.05, 0.1) is 0 Å². The number of allylic oxidation sites excluding steroid dienone is 1. The first kappa shape index (κ1) is 12.4. The van der Waals surface area contributed by atoms with E-state index in [9.17, 15) is 4.79 Å². The van der Waals surface area contributed by atoms with Crippen LogP contribution in [0.3, 0.4) is 0 Å². The molecule has 0 fully saturated rings. The number of hydrogen-bond acceptors (Lipinski definition) is 7. The molecule has 3 heterocycles. The molecule has 3 rings (SSSR count). The molecule has 2 N–H and O–H groups in total. The smallest absolute Gasteiger partial charge is 0.434 e. The van der Waals surface area contributed by atoms with Gasteiger partial charge in [0.15, 0.2) is 11.5 Å². The van der Waals surface area contributed by atoms with Crippen molar-refractivity contribution in [1.29, 1.82) is 5.53 Å². The highest BCUT2D eigenvalue weighted by atomic mass is 16.5. The fraction of sp³-hybridized carbons (Fsp3) is 0.333. The summed E-state index contributed by atoms with van der Waals surface area (Å²) in [6.45, 7) is 5.64. The van der Waals surface area contributed by atoms with Gasteiger partial charge in [0.2, 0.25) is 0 Å². The first-order chi connectivity index (χ1) is 9.52. The van der Waals surface area contributed by atoms with Gasteiger partial charge < -0.3 is 13.9 Å². The maximum Gasteiger partial charge on any atom is 0.434 e. The number of H-pyrrole nitrogens is 1. The zero-order valence-corrected chi connectivity index (χ0v) is 11.1. The Kier molecular flexibility index (Phi) is 2.60. The van der Waals surface area contributed by atoms with Crippen molar-refractivity contribution in [3.63, 3.8) is 0 Å². The Labute approximate surface area is 113 Å². The summed E-state index contributed by atoms with van der Waals surface area (Å²) in [4.78, 5) is 11.1. The van der Waals surface area contributed by atoms with Crippen LogP contribution in [0.25, 0.3) is 5.76 Å². The molecule has 0 saturated carbocycles. The predicted octanol–water partition coefficient (Wildman–Crippen LogP) is 2.06. The molecule has 2 aliphatic heterocycles. The number of fused-ring (bicyclic) bond motifs is 1. The number of aromatic amines is 1. The number of aromatic nitrogens is 2. The van der Waals surface area contributed by atoms with Gasteiger partial charge in [-0.05, 0) is 26.3 Å². The molecule has 8 heteroatoms. The lowest BCUT2D eigenvalue weighted by molar-refractivity contribution is 0.167. The molecule has 0 saturated heterocycles. The van der Waals surface area contributed by atoms with Gasteiger partial charge in [0, 0.05) is 11.1 Å². The molecule has 0 aliphatic carbocycles. The molecule has 0 radical (unpaired) electrons. The summed E-state index contributed by atoms with van der Waals surface area (Å²) < 4.78 is 16.0. The van der Waals surface area contributed by atoms with Crippen LogP contribution in [0.1, 0.15) is 26.7 Å². The van der Waals surface area contributed by atoms with Gasteiger partial charge in [0.1, 0.15) is 6.10 Å². The highest BCUT2D eigenvalue weighted by Crippen LogP contribution is 2.44. The molecule has 1 aromatic rings. The minimum absolute atomic E-state index is 0.0209. The second-order valence-electron chi connectivity index (χ2n) is 4.54. The van der Waals surface area contributed by atoms with E-state index in [0.717, 1.165) is 16.7 Å². The van der Waals surface area contributed by atoms with Crippen molar-refractivity contribution >= 4 is 5.76 Å². The van der Waals surface area contributed by atoms with Crippen molar-refractivity contribution in [2.45, 2.75) is 26.9 Å². The fourth-order valence-electron chi connectivity index (χ4n) is 2.27. The fourth-order valence-corrected chi connectivity index (χ4v) is 2.27. The van der Waals surface area contributed by atoms with Gasteiger partial charge in [-0.3, -0.25) is 0 Å². The summed E-state index contributed by atoms with van der Waals surface area (Å²) in [5.41, 5.74) is 9.74. The van der Waals surface area contributed by atoms with E-state index in [-0.39, 0.29) is 23.6 Å². The number of rotatable bonds is 2. The lowest BCUT2D eigenvalue weighted by Gasteiger charge is -2.18. The molecule has 0 aromatic carbocycles. The molecule has 20 heavy (non-hydrogen) atoms. The summed E-state index contributed by atoms with van der Waals surface area (Å²) in [6, 6.07) is 0. The van der Waals surface area contributed by atoms with Crippen molar-refractivity contribution in [3.8, 4) is 0 Å². The van der Waals surface area contributed by atoms with Gasteiger partial charge >= 0.3 is 5.76 Å². The summed E-state index contributed by atoms with van der Waals surface area (Å²) >= 11 is 0. The highest BCUT2D eigenvalue weighted by molar-refractivity contribution is 5.70. The van der Waals surface area contributed by atoms with E-state index >= 15 is 0 Å². The van der Waals surface area contributed by atoms with Crippen molar-refractivity contribution < 1.29 is 13.9 Å². The monoisotopic (exact) mass is 276 g/mol. The Morgan fingerprint density at radius 1 is 1.35 bits per heavy atom. The average molecular weight is 276 g/mol.